The Morgan fingerprint density at radius 1 is 1.28 bits per heavy atom. The van der Waals surface area contributed by atoms with Gasteiger partial charge in [-0.1, -0.05) is 6.07 Å². The van der Waals surface area contributed by atoms with Gasteiger partial charge in [0, 0.05) is 18.5 Å². The average molecular weight is 239 g/mol. The summed E-state index contributed by atoms with van der Waals surface area (Å²) in [5.41, 5.74) is 1.25. The number of nitrogens with zero attached hydrogens (tertiary/aromatic N) is 1. The van der Waals surface area contributed by atoms with Crippen LogP contribution < -0.4 is 4.74 Å². The highest BCUT2D eigenvalue weighted by Crippen LogP contribution is 2.34. The number of carbonyl (C=O) groups excluding carboxylic acids is 1. The fourth-order valence-electron chi connectivity index (χ4n) is 1.79. The standard InChI is InChI=1S/C14H9NO3/c16-10-3-4-11-12(7-10)18-13(14(11)17)6-9-2-1-5-15-8-9/h1-8,16H/b13-6-. The lowest BCUT2D eigenvalue weighted by atomic mass is 10.1. The molecular weight excluding hydrogens is 230 g/mol. The van der Waals surface area contributed by atoms with Gasteiger partial charge in [0.05, 0.1) is 5.56 Å². The third-order valence-electron chi connectivity index (χ3n) is 2.64. The Balaban J connectivity index is 2.00. The molecule has 0 amide bonds. The van der Waals surface area contributed by atoms with E-state index in [0.29, 0.717) is 11.3 Å². The molecule has 4 nitrogen and oxygen atoms in total. The minimum Gasteiger partial charge on any atom is -0.508 e. The molecule has 1 N–H and O–H groups in total. The summed E-state index contributed by atoms with van der Waals surface area (Å²) in [5.74, 6) is 0.511. The number of hydrogen-bond acceptors (Lipinski definition) is 4. The monoisotopic (exact) mass is 239 g/mol. The number of benzene rings is 1. The number of aromatic nitrogens is 1. The minimum atomic E-state index is -0.186. The van der Waals surface area contributed by atoms with E-state index < -0.39 is 0 Å². The number of phenolic OH excluding ortho intramolecular Hbond substituents is 1. The van der Waals surface area contributed by atoms with Crippen molar-refractivity contribution in [3.63, 3.8) is 0 Å². The molecule has 0 unspecified atom stereocenters. The first-order valence-electron chi connectivity index (χ1n) is 5.41. The molecule has 0 spiro atoms. The van der Waals surface area contributed by atoms with Crippen LogP contribution in [0.3, 0.4) is 0 Å². The van der Waals surface area contributed by atoms with E-state index in [4.69, 9.17) is 4.74 Å². The van der Waals surface area contributed by atoms with Crippen LogP contribution in [-0.4, -0.2) is 15.9 Å². The van der Waals surface area contributed by atoms with Crippen LogP contribution in [0.25, 0.3) is 6.08 Å². The van der Waals surface area contributed by atoms with Gasteiger partial charge >= 0.3 is 0 Å². The molecule has 1 aromatic heterocycles. The zero-order chi connectivity index (χ0) is 12.5. The zero-order valence-corrected chi connectivity index (χ0v) is 9.33. The quantitative estimate of drug-likeness (QED) is 0.776. The predicted molar refractivity (Wildman–Crippen MR) is 65.3 cm³/mol. The van der Waals surface area contributed by atoms with Gasteiger partial charge in [0.25, 0.3) is 0 Å². The first kappa shape index (κ1) is 10.5. The number of carbonyl (C=O) groups is 1. The molecular formula is C14H9NO3. The van der Waals surface area contributed by atoms with Crippen molar-refractivity contribution in [3.05, 3.63) is 59.6 Å². The number of Topliss-reactive ketones (excluding diaryl/α,β-unsaturated/α-hetero) is 1. The highest BCUT2D eigenvalue weighted by molar-refractivity contribution is 6.14. The summed E-state index contributed by atoms with van der Waals surface area (Å²) in [4.78, 5) is 16.0. The third-order valence-corrected chi connectivity index (χ3v) is 2.64. The highest BCUT2D eigenvalue weighted by Gasteiger charge is 2.27. The number of aromatic hydroxyl groups is 1. The van der Waals surface area contributed by atoms with Gasteiger partial charge in [-0.15, -0.1) is 0 Å². The van der Waals surface area contributed by atoms with Gasteiger partial charge in [-0.25, -0.2) is 0 Å². The normalized spacial score (nSPS) is 15.6. The number of phenols is 1. The maximum Gasteiger partial charge on any atom is 0.231 e. The van der Waals surface area contributed by atoms with Gasteiger partial charge in [0.2, 0.25) is 5.78 Å². The van der Waals surface area contributed by atoms with E-state index in [-0.39, 0.29) is 17.3 Å². The summed E-state index contributed by atoms with van der Waals surface area (Å²) >= 11 is 0. The van der Waals surface area contributed by atoms with Crippen molar-refractivity contribution in [3.8, 4) is 11.5 Å². The molecule has 0 atom stereocenters. The summed E-state index contributed by atoms with van der Waals surface area (Å²) in [6.45, 7) is 0. The molecule has 1 aliphatic rings. The number of fused-ring (bicyclic) bond motifs is 1. The smallest absolute Gasteiger partial charge is 0.231 e. The lowest BCUT2D eigenvalue weighted by molar-refractivity contribution is 0.101. The van der Waals surface area contributed by atoms with Crippen molar-refractivity contribution in [1.29, 1.82) is 0 Å². The Labute approximate surface area is 103 Å². The molecule has 0 radical (unpaired) electrons. The van der Waals surface area contributed by atoms with Crippen LogP contribution in [0.1, 0.15) is 15.9 Å². The lowest BCUT2D eigenvalue weighted by Gasteiger charge is -1.98. The van der Waals surface area contributed by atoms with E-state index in [9.17, 15) is 9.90 Å². The van der Waals surface area contributed by atoms with Crippen molar-refractivity contribution in [1.82, 2.24) is 4.98 Å². The molecule has 18 heavy (non-hydrogen) atoms. The molecule has 2 aromatic rings. The summed E-state index contributed by atoms with van der Waals surface area (Å²) in [6.07, 6.45) is 4.93. The predicted octanol–water partition coefficient (Wildman–Crippen LogP) is 2.40. The van der Waals surface area contributed by atoms with E-state index in [2.05, 4.69) is 4.98 Å². The van der Waals surface area contributed by atoms with E-state index in [1.807, 2.05) is 6.07 Å². The molecule has 4 heteroatoms. The second-order valence-corrected chi connectivity index (χ2v) is 3.91. The van der Waals surface area contributed by atoms with E-state index in [1.165, 1.54) is 12.1 Å². The molecule has 1 aliphatic heterocycles. The van der Waals surface area contributed by atoms with Gasteiger partial charge in [-0.05, 0) is 29.8 Å². The Morgan fingerprint density at radius 2 is 2.17 bits per heavy atom. The molecule has 0 saturated heterocycles. The summed E-state index contributed by atoms with van der Waals surface area (Å²) in [5, 5.41) is 9.34. The summed E-state index contributed by atoms with van der Waals surface area (Å²) in [7, 11) is 0. The van der Waals surface area contributed by atoms with Crippen molar-refractivity contribution < 1.29 is 14.6 Å². The minimum absolute atomic E-state index is 0.0733. The SMILES string of the molecule is O=C1/C(=C/c2cccnc2)Oc2cc(O)ccc21. The van der Waals surface area contributed by atoms with Crippen molar-refractivity contribution in [2.45, 2.75) is 0 Å². The highest BCUT2D eigenvalue weighted by atomic mass is 16.5. The summed E-state index contributed by atoms with van der Waals surface area (Å²) in [6, 6.07) is 8.06. The maximum absolute atomic E-state index is 12.0. The number of rotatable bonds is 1. The first-order chi connectivity index (χ1) is 8.74. The number of ether oxygens (including phenoxy) is 1. The van der Waals surface area contributed by atoms with Crippen molar-refractivity contribution in [2.24, 2.45) is 0 Å². The van der Waals surface area contributed by atoms with Crippen molar-refractivity contribution in [2.75, 3.05) is 0 Å². The van der Waals surface area contributed by atoms with Gasteiger partial charge in [-0.3, -0.25) is 9.78 Å². The van der Waals surface area contributed by atoms with Crippen LogP contribution in [0.4, 0.5) is 0 Å². The average Bonchev–Trinajstić information content (AvgIpc) is 2.67. The van der Waals surface area contributed by atoms with Crippen LogP contribution in [0.5, 0.6) is 11.5 Å². The van der Waals surface area contributed by atoms with Crippen LogP contribution in [-0.2, 0) is 0 Å². The van der Waals surface area contributed by atoms with Crippen LogP contribution in [0.15, 0.2) is 48.5 Å². The molecule has 0 bridgehead atoms. The molecule has 88 valence electrons. The Morgan fingerprint density at radius 3 is 2.94 bits per heavy atom. The topological polar surface area (TPSA) is 59.4 Å². The van der Waals surface area contributed by atoms with Gasteiger partial charge in [0.1, 0.15) is 11.5 Å². The van der Waals surface area contributed by atoms with Crippen LogP contribution in [0.2, 0.25) is 0 Å². The molecule has 0 fully saturated rings. The van der Waals surface area contributed by atoms with Gasteiger partial charge < -0.3 is 9.84 Å². The van der Waals surface area contributed by atoms with Crippen molar-refractivity contribution >= 4 is 11.9 Å². The van der Waals surface area contributed by atoms with Gasteiger partial charge in [0.15, 0.2) is 5.76 Å². The largest absolute Gasteiger partial charge is 0.508 e. The second kappa shape index (κ2) is 4.00. The maximum atomic E-state index is 12.0. The molecule has 3 rings (SSSR count). The van der Waals surface area contributed by atoms with Crippen LogP contribution in [0, 0.1) is 0 Å². The lowest BCUT2D eigenvalue weighted by Crippen LogP contribution is -1.97. The van der Waals surface area contributed by atoms with E-state index in [1.54, 1.807) is 30.6 Å². The molecule has 0 aliphatic carbocycles. The number of allylic oxidation sites excluding steroid dienone is 1. The fraction of sp³-hybridized carbons (Fsp3) is 0. The Bertz CT molecular complexity index is 647. The van der Waals surface area contributed by atoms with Gasteiger partial charge in [-0.2, -0.15) is 0 Å². The van der Waals surface area contributed by atoms with Crippen LogP contribution >= 0.6 is 0 Å². The second-order valence-electron chi connectivity index (χ2n) is 3.91. The molecule has 0 saturated carbocycles. The molecule has 1 aromatic carbocycles. The first-order valence-corrected chi connectivity index (χ1v) is 5.41. The Kier molecular flexibility index (Phi) is 2.34. The number of pyridine rings is 1. The Hall–Kier alpha value is -2.62. The van der Waals surface area contributed by atoms with E-state index in [0.717, 1.165) is 5.56 Å². The third kappa shape index (κ3) is 1.73. The molecule has 2 heterocycles. The summed E-state index contributed by atoms with van der Waals surface area (Å²) < 4.78 is 5.43. The fourth-order valence-corrected chi connectivity index (χ4v) is 1.79. The number of ketones is 1. The zero-order valence-electron chi connectivity index (χ0n) is 9.33. The number of hydrogen-bond donors (Lipinski definition) is 1. The van der Waals surface area contributed by atoms with E-state index >= 15 is 0 Å².